The van der Waals surface area contributed by atoms with Crippen LogP contribution in [-0.4, -0.2) is 44.2 Å². The first-order valence-corrected chi connectivity index (χ1v) is 8.58. The van der Waals surface area contributed by atoms with E-state index in [0.29, 0.717) is 0 Å². The van der Waals surface area contributed by atoms with Crippen molar-refractivity contribution in [2.75, 3.05) is 38.1 Å². The summed E-state index contributed by atoms with van der Waals surface area (Å²) in [6.45, 7) is 5.82. The lowest BCUT2D eigenvalue weighted by Crippen LogP contribution is -2.42. The second kappa shape index (κ2) is 7.28. The van der Waals surface area contributed by atoms with Crippen molar-refractivity contribution in [3.63, 3.8) is 0 Å². The molecule has 3 rings (SSSR count). The summed E-state index contributed by atoms with van der Waals surface area (Å²) in [4.78, 5) is 5.06. The zero-order chi connectivity index (χ0) is 14.5. The quantitative estimate of drug-likeness (QED) is 0.898. The van der Waals surface area contributed by atoms with Crippen molar-refractivity contribution in [3.8, 4) is 0 Å². The molecule has 0 aliphatic carbocycles. The summed E-state index contributed by atoms with van der Waals surface area (Å²) in [6.07, 6.45) is 6.78. The number of rotatable bonds is 5. The molecule has 3 heteroatoms. The first-order chi connectivity index (χ1) is 10.3. The highest BCUT2D eigenvalue weighted by Gasteiger charge is 2.19. The second-order valence-corrected chi connectivity index (χ2v) is 6.58. The van der Waals surface area contributed by atoms with Crippen LogP contribution in [0.25, 0.3) is 0 Å². The highest BCUT2D eigenvalue weighted by atomic mass is 15.2. The lowest BCUT2D eigenvalue weighted by Gasteiger charge is -2.32. The van der Waals surface area contributed by atoms with Crippen LogP contribution in [0.5, 0.6) is 0 Å². The first-order valence-electron chi connectivity index (χ1n) is 8.58. The molecule has 1 unspecified atom stereocenters. The normalized spacial score (nSPS) is 23.7. The molecule has 2 aliphatic heterocycles. The van der Waals surface area contributed by atoms with Crippen LogP contribution in [0.2, 0.25) is 0 Å². The number of nitrogens with zero attached hydrogens (tertiary/aromatic N) is 2. The highest BCUT2D eigenvalue weighted by molar-refractivity contribution is 5.54. The molecule has 2 aliphatic rings. The third kappa shape index (κ3) is 3.78. The maximum absolute atomic E-state index is 3.70. The van der Waals surface area contributed by atoms with Gasteiger partial charge in [0.05, 0.1) is 0 Å². The molecule has 0 spiro atoms. The molecule has 2 fully saturated rings. The van der Waals surface area contributed by atoms with Crippen molar-refractivity contribution in [1.29, 1.82) is 0 Å². The topological polar surface area (TPSA) is 18.5 Å². The van der Waals surface area contributed by atoms with Crippen molar-refractivity contribution in [2.45, 2.75) is 44.7 Å². The van der Waals surface area contributed by atoms with Gasteiger partial charge in [0.15, 0.2) is 0 Å². The van der Waals surface area contributed by atoms with Crippen LogP contribution in [0.4, 0.5) is 5.69 Å². The van der Waals surface area contributed by atoms with Crippen LogP contribution >= 0.6 is 0 Å². The summed E-state index contributed by atoms with van der Waals surface area (Å²) in [5, 5.41) is 3.70. The molecule has 0 aromatic heterocycles. The molecular formula is C18H29N3. The minimum Gasteiger partial charge on any atom is -0.371 e. The molecule has 0 radical (unpaired) electrons. The third-order valence-electron chi connectivity index (χ3n) is 5.06. The van der Waals surface area contributed by atoms with E-state index in [-0.39, 0.29) is 0 Å². The molecule has 116 valence electrons. The number of likely N-dealkylation sites (N-methyl/N-ethyl adjacent to an activating group) is 1. The average Bonchev–Trinajstić information content (AvgIpc) is 3.04. The van der Waals surface area contributed by atoms with Crippen LogP contribution < -0.4 is 10.2 Å². The van der Waals surface area contributed by atoms with Gasteiger partial charge in [0.1, 0.15) is 0 Å². The summed E-state index contributed by atoms with van der Waals surface area (Å²) in [5.41, 5.74) is 2.90. The number of para-hydroxylation sites is 1. The van der Waals surface area contributed by atoms with E-state index >= 15 is 0 Å². The van der Waals surface area contributed by atoms with Gasteiger partial charge in [-0.2, -0.15) is 0 Å². The monoisotopic (exact) mass is 287 g/mol. The molecule has 1 aromatic carbocycles. The van der Waals surface area contributed by atoms with Crippen LogP contribution in [-0.2, 0) is 6.54 Å². The smallest absolute Gasteiger partial charge is 0.0411 e. The first kappa shape index (κ1) is 14.9. The number of benzene rings is 1. The van der Waals surface area contributed by atoms with E-state index in [1.165, 1.54) is 63.0 Å². The van der Waals surface area contributed by atoms with Gasteiger partial charge in [-0.15, -0.1) is 0 Å². The Morgan fingerprint density at radius 1 is 1.05 bits per heavy atom. The standard InChI is InChI=1S/C18H29N3/c1-20-11-5-4-9-17(20)15-19-14-16-8-2-3-10-18(16)21-12-6-7-13-21/h2-3,8,10,17,19H,4-7,9,11-15H2,1H3. The number of anilines is 1. The zero-order valence-electron chi connectivity index (χ0n) is 13.4. The molecule has 1 aromatic rings. The third-order valence-corrected chi connectivity index (χ3v) is 5.06. The van der Waals surface area contributed by atoms with Crippen molar-refractivity contribution in [2.24, 2.45) is 0 Å². The molecule has 0 amide bonds. The van der Waals surface area contributed by atoms with E-state index in [0.717, 1.165) is 19.1 Å². The molecule has 1 atom stereocenters. The Hall–Kier alpha value is -1.06. The largest absolute Gasteiger partial charge is 0.371 e. The zero-order valence-corrected chi connectivity index (χ0v) is 13.4. The summed E-state index contributed by atoms with van der Waals surface area (Å²) in [6, 6.07) is 9.63. The fraction of sp³-hybridized carbons (Fsp3) is 0.667. The van der Waals surface area contributed by atoms with Gasteiger partial charge < -0.3 is 15.1 Å². The van der Waals surface area contributed by atoms with Crippen LogP contribution in [0.3, 0.4) is 0 Å². The summed E-state index contributed by atoms with van der Waals surface area (Å²) in [7, 11) is 2.27. The van der Waals surface area contributed by atoms with Gasteiger partial charge in [-0.3, -0.25) is 0 Å². The van der Waals surface area contributed by atoms with Gasteiger partial charge >= 0.3 is 0 Å². The molecule has 2 saturated heterocycles. The van der Waals surface area contributed by atoms with E-state index in [4.69, 9.17) is 0 Å². The number of hydrogen-bond acceptors (Lipinski definition) is 3. The summed E-state index contributed by atoms with van der Waals surface area (Å²) >= 11 is 0. The minimum atomic E-state index is 0.720. The Labute approximate surface area is 129 Å². The van der Waals surface area contributed by atoms with E-state index < -0.39 is 0 Å². The van der Waals surface area contributed by atoms with E-state index in [2.05, 4.69) is 46.4 Å². The van der Waals surface area contributed by atoms with Crippen LogP contribution in [0.15, 0.2) is 24.3 Å². The number of likely N-dealkylation sites (tertiary alicyclic amines) is 1. The maximum atomic E-state index is 3.70. The molecule has 2 heterocycles. The Kier molecular flexibility index (Phi) is 5.15. The molecule has 3 nitrogen and oxygen atoms in total. The molecule has 0 saturated carbocycles. The molecule has 0 bridgehead atoms. The van der Waals surface area contributed by atoms with Gasteiger partial charge in [0, 0.05) is 37.9 Å². The van der Waals surface area contributed by atoms with E-state index in [1.54, 1.807) is 0 Å². The predicted octanol–water partition coefficient (Wildman–Crippen LogP) is 2.86. The Balaban J connectivity index is 1.55. The van der Waals surface area contributed by atoms with Gasteiger partial charge in [-0.1, -0.05) is 24.6 Å². The Bertz CT molecular complexity index is 440. The number of hydrogen-bond donors (Lipinski definition) is 1. The van der Waals surface area contributed by atoms with Crippen molar-refractivity contribution >= 4 is 5.69 Å². The Morgan fingerprint density at radius 3 is 2.62 bits per heavy atom. The van der Waals surface area contributed by atoms with Crippen molar-refractivity contribution in [1.82, 2.24) is 10.2 Å². The van der Waals surface area contributed by atoms with Crippen molar-refractivity contribution < 1.29 is 0 Å². The predicted molar refractivity (Wildman–Crippen MR) is 89.9 cm³/mol. The molecular weight excluding hydrogens is 258 g/mol. The van der Waals surface area contributed by atoms with Crippen LogP contribution in [0.1, 0.15) is 37.7 Å². The van der Waals surface area contributed by atoms with Gasteiger partial charge in [0.25, 0.3) is 0 Å². The van der Waals surface area contributed by atoms with E-state index in [1.807, 2.05) is 0 Å². The van der Waals surface area contributed by atoms with Gasteiger partial charge in [-0.25, -0.2) is 0 Å². The van der Waals surface area contributed by atoms with Gasteiger partial charge in [-0.05, 0) is 50.9 Å². The average molecular weight is 287 g/mol. The van der Waals surface area contributed by atoms with Crippen LogP contribution in [0, 0.1) is 0 Å². The molecule has 21 heavy (non-hydrogen) atoms. The number of piperidine rings is 1. The fourth-order valence-electron chi connectivity index (χ4n) is 3.70. The fourth-order valence-corrected chi connectivity index (χ4v) is 3.70. The summed E-state index contributed by atoms with van der Waals surface area (Å²) in [5.74, 6) is 0. The van der Waals surface area contributed by atoms with Gasteiger partial charge in [0.2, 0.25) is 0 Å². The van der Waals surface area contributed by atoms with E-state index in [9.17, 15) is 0 Å². The SMILES string of the molecule is CN1CCCCC1CNCc1ccccc1N1CCCC1. The molecule has 1 N–H and O–H groups in total. The van der Waals surface area contributed by atoms with Crippen molar-refractivity contribution in [3.05, 3.63) is 29.8 Å². The number of nitrogens with one attached hydrogen (secondary N) is 1. The maximum Gasteiger partial charge on any atom is 0.0411 e. The lowest BCUT2D eigenvalue weighted by atomic mass is 10.0. The minimum absolute atomic E-state index is 0.720. The summed E-state index contributed by atoms with van der Waals surface area (Å²) < 4.78 is 0. The Morgan fingerprint density at radius 2 is 1.81 bits per heavy atom. The lowest BCUT2D eigenvalue weighted by molar-refractivity contribution is 0.181. The highest BCUT2D eigenvalue weighted by Crippen LogP contribution is 2.24. The second-order valence-electron chi connectivity index (χ2n) is 6.58.